The number of carbonyl (C=O) groups is 2. The molecule has 1 fully saturated rings. The van der Waals surface area contributed by atoms with E-state index >= 15 is 0 Å². The van der Waals surface area contributed by atoms with Crippen LogP contribution in [-0.4, -0.2) is 33.3 Å². The standard InChI is InChI=1S/C24H22N2O5/c1-2-11-30-18-8-3-6-16(13-18)22(27)20-21(17-7-4-10-25-14-17)26(24(29)23(20)28)15-19-9-5-12-31-19/h3-10,12-14,21,27H,2,11,15H2,1H3. The number of rotatable bonds is 7. The van der Waals surface area contributed by atoms with Crippen molar-refractivity contribution in [1.82, 2.24) is 9.88 Å². The second kappa shape index (κ2) is 8.87. The zero-order valence-electron chi connectivity index (χ0n) is 17.0. The third-order valence-corrected chi connectivity index (χ3v) is 5.03. The first-order chi connectivity index (χ1) is 15.1. The minimum absolute atomic E-state index is 0.0113. The van der Waals surface area contributed by atoms with Gasteiger partial charge in [0.1, 0.15) is 17.3 Å². The zero-order valence-corrected chi connectivity index (χ0v) is 17.0. The lowest BCUT2D eigenvalue weighted by Crippen LogP contribution is -2.29. The van der Waals surface area contributed by atoms with Crippen LogP contribution in [0.15, 0.2) is 77.2 Å². The molecule has 1 atom stereocenters. The summed E-state index contributed by atoms with van der Waals surface area (Å²) in [6.07, 6.45) is 5.54. The van der Waals surface area contributed by atoms with Crippen LogP contribution in [-0.2, 0) is 16.1 Å². The lowest BCUT2D eigenvalue weighted by Gasteiger charge is -2.24. The van der Waals surface area contributed by atoms with Gasteiger partial charge in [-0.2, -0.15) is 0 Å². The van der Waals surface area contributed by atoms with E-state index < -0.39 is 17.7 Å². The molecule has 0 radical (unpaired) electrons. The van der Waals surface area contributed by atoms with Crippen LogP contribution in [0.2, 0.25) is 0 Å². The van der Waals surface area contributed by atoms with E-state index in [1.165, 1.54) is 11.2 Å². The van der Waals surface area contributed by atoms with E-state index in [0.29, 0.717) is 29.2 Å². The van der Waals surface area contributed by atoms with E-state index in [-0.39, 0.29) is 17.9 Å². The number of ether oxygens (including phenoxy) is 1. The number of nitrogens with zero attached hydrogens (tertiary/aromatic N) is 2. The molecule has 0 saturated carbocycles. The quantitative estimate of drug-likeness (QED) is 0.353. The van der Waals surface area contributed by atoms with Crippen LogP contribution in [0.25, 0.3) is 5.76 Å². The third kappa shape index (κ3) is 4.07. The molecule has 1 amide bonds. The average molecular weight is 418 g/mol. The van der Waals surface area contributed by atoms with Crippen molar-refractivity contribution in [3.63, 3.8) is 0 Å². The van der Waals surface area contributed by atoms with Gasteiger partial charge in [-0.1, -0.05) is 25.1 Å². The Morgan fingerprint density at radius 2 is 2.06 bits per heavy atom. The van der Waals surface area contributed by atoms with Gasteiger partial charge in [-0.3, -0.25) is 14.6 Å². The predicted molar refractivity (Wildman–Crippen MR) is 113 cm³/mol. The fourth-order valence-electron chi connectivity index (χ4n) is 3.61. The maximum absolute atomic E-state index is 13.0. The minimum Gasteiger partial charge on any atom is -0.507 e. The number of aromatic nitrogens is 1. The largest absolute Gasteiger partial charge is 0.507 e. The Bertz CT molecular complexity index is 1110. The van der Waals surface area contributed by atoms with Gasteiger partial charge in [-0.05, 0) is 42.3 Å². The second-order valence-corrected chi connectivity index (χ2v) is 7.17. The number of hydrogen-bond acceptors (Lipinski definition) is 6. The zero-order chi connectivity index (χ0) is 21.8. The van der Waals surface area contributed by atoms with E-state index in [1.807, 2.05) is 6.92 Å². The monoisotopic (exact) mass is 418 g/mol. The van der Waals surface area contributed by atoms with Gasteiger partial charge in [0.05, 0.1) is 31.0 Å². The minimum atomic E-state index is -0.793. The van der Waals surface area contributed by atoms with Gasteiger partial charge in [0.2, 0.25) is 0 Å². The van der Waals surface area contributed by atoms with Crippen LogP contribution < -0.4 is 4.74 Å². The number of likely N-dealkylation sites (tertiary alicyclic amines) is 1. The van der Waals surface area contributed by atoms with Crippen molar-refractivity contribution in [2.75, 3.05) is 6.61 Å². The molecule has 1 saturated heterocycles. The topological polar surface area (TPSA) is 92.9 Å². The van der Waals surface area contributed by atoms with E-state index in [1.54, 1.807) is 60.9 Å². The number of benzene rings is 1. The molecule has 1 aliphatic heterocycles. The molecule has 31 heavy (non-hydrogen) atoms. The van der Waals surface area contributed by atoms with Gasteiger partial charge in [0.25, 0.3) is 11.7 Å². The van der Waals surface area contributed by atoms with Crippen molar-refractivity contribution in [1.29, 1.82) is 0 Å². The molecule has 1 unspecified atom stereocenters. The number of hydrogen-bond donors (Lipinski definition) is 1. The molecular formula is C24H22N2O5. The predicted octanol–water partition coefficient (Wildman–Crippen LogP) is 4.09. The SMILES string of the molecule is CCCOc1cccc(C(O)=C2C(=O)C(=O)N(Cc3ccco3)C2c2cccnc2)c1. The second-order valence-electron chi connectivity index (χ2n) is 7.17. The smallest absolute Gasteiger partial charge is 0.296 e. The number of amides is 1. The number of aliphatic hydroxyl groups is 1. The summed E-state index contributed by atoms with van der Waals surface area (Å²) in [7, 11) is 0. The number of Topliss-reactive ketones (excluding diaryl/α,β-unsaturated/α-hetero) is 1. The van der Waals surface area contributed by atoms with Crippen molar-refractivity contribution >= 4 is 17.4 Å². The first kappa shape index (κ1) is 20.4. The molecule has 0 spiro atoms. The van der Waals surface area contributed by atoms with E-state index in [9.17, 15) is 14.7 Å². The Kier molecular flexibility index (Phi) is 5.84. The summed E-state index contributed by atoms with van der Waals surface area (Å²) in [6, 6.07) is 13.0. The summed E-state index contributed by atoms with van der Waals surface area (Å²) in [5.74, 6) is -0.599. The summed E-state index contributed by atoms with van der Waals surface area (Å²) in [5, 5.41) is 11.1. The van der Waals surface area contributed by atoms with Crippen molar-refractivity contribution in [3.05, 3.63) is 89.6 Å². The lowest BCUT2D eigenvalue weighted by molar-refractivity contribution is -0.140. The average Bonchev–Trinajstić information content (AvgIpc) is 3.40. The number of aliphatic hydroxyl groups excluding tert-OH is 1. The van der Waals surface area contributed by atoms with Crippen molar-refractivity contribution < 1.29 is 23.8 Å². The number of furan rings is 1. The van der Waals surface area contributed by atoms with Gasteiger partial charge in [0.15, 0.2) is 0 Å². The van der Waals surface area contributed by atoms with Gasteiger partial charge < -0.3 is 19.2 Å². The highest BCUT2D eigenvalue weighted by Gasteiger charge is 2.46. The van der Waals surface area contributed by atoms with Crippen LogP contribution >= 0.6 is 0 Å². The number of carbonyl (C=O) groups excluding carboxylic acids is 2. The molecule has 0 bridgehead atoms. The summed E-state index contributed by atoms with van der Waals surface area (Å²) >= 11 is 0. The molecule has 1 N–H and O–H groups in total. The molecule has 0 aliphatic carbocycles. The third-order valence-electron chi connectivity index (χ3n) is 5.03. The highest BCUT2D eigenvalue weighted by molar-refractivity contribution is 6.46. The van der Waals surface area contributed by atoms with Gasteiger partial charge in [-0.25, -0.2) is 0 Å². The summed E-state index contributed by atoms with van der Waals surface area (Å²) in [4.78, 5) is 31.4. The van der Waals surface area contributed by atoms with Crippen LogP contribution in [0.5, 0.6) is 5.75 Å². The van der Waals surface area contributed by atoms with Gasteiger partial charge >= 0.3 is 0 Å². The Hall–Kier alpha value is -3.87. The van der Waals surface area contributed by atoms with Gasteiger partial charge in [-0.15, -0.1) is 0 Å². The highest BCUT2D eigenvalue weighted by atomic mass is 16.5. The number of ketones is 1. The Balaban J connectivity index is 1.80. The van der Waals surface area contributed by atoms with E-state index in [2.05, 4.69) is 4.98 Å². The Labute approximate surface area is 179 Å². The van der Waals surface area contributed by atoms with Crippen LogP contribution in [0, 0.1) is 0 Å². The molecule has 3 heterocycles. The van der Waals surface area contributed by atoms with Crippen LogP contribution in [0.1, 0.15) is 36.3 Å². The van der Waals surface area contributed by atoms with Gasteiger partial charge in [0, 0.05) is 18.0 Å². The Morgan fingerprint density at radius 3 is 2.77 bits per heavy atom. The molecule has 3 aromatic rings. The summed E-state index contributed by atoms with van der Waals surface area (Å²) in [5.41, 5.74) is 1.03. The molecule has 7 heteroatoms. The molecule has 2 aromatic heterocycles. The van der Waals surface area contributed by atoms with E-state index in [4.69, 9.17) is 9.15 Å². The maximum Gasteiger partial charge on any atom is 0.296 e. The molecule has 1 aromatic carbocycles. The molecule has 158 valence electrons. The number of pyridine rings is 1. The van der Waals surface area contributed by atoms with Crippen molar-refractivity contribution in [3.8, 4) is 5.75 Å². The normalized spacial score (nSPS) is 17.8. The van der Waals surface area contributed by atoms with Crippen molar-refractivity contribution in [2.45, 2.75) is 25.9 Å². The Morgan fingerprint density at radius 1 is 1.19 bits per heavy atom. The highest BCUT2D eigenvalue weighted by Crippen LogP contribution is 2.40. The van der Waals surface area contributed by atoms with Crippen LogP contribution in [0.4, 0.5) is 0 Å². The van der Waals surface area contributed by atoms with Crippen LogP contribution in [0.3, 0.4) is 0 Å². The molecule has 4 rings (SSSR count). The first-order valence-corrected chi connectivity index (χ1v) is 10.0. The lowest BCUT2D eigenvalue weighted by atomic mass is 9.96. The molecular weight excluding hydrogens is 396 g/mol. The molecule has 1 aliphatic rings. The van der Waals surface area contributed by atoms with E-state index in [0.717, 1.165) is 6.42 Å². The van der Waals surface area contributed by atoms with Crippen molar-refractivity contribution in [2.24, 2.45) is 0 Å². The summed E-state index contributed by atoms with van der Waals surface area (Å²) in [6.45, 7) is 2.62. The maximum atomic E-state index is 13.0. The fraction of sp³-hybridized carbons (Fsp3) is 0.208. The first-order valence-electron chi connectivity index (χ1n) is 10.0. The molecule has 7 nitrogen and oxygen atoms in total. The summed E-state index contributed by atoms with van der Waals surface area (Å²) < 4.78 is 11.0. The fourth-order valence-corrected chi connectivity index (χ4v) is 3.61.